The van der Waals surface area contributed by atoms with Gasteiger partial charge in [-0.3, -0.25) is 9.59 Å². The van der Waals surface area contributed by atoms with Crippen LogP contribution in [0.4, 0.5) is 0 Å². The van der Waals surface area contributed by atoms with Crippen LogP contribution in [0.2, 0.25) is 0 Å². The number of nitrogens with zero attached hydrogens (tertiary/aromatic N) is 2. The zero-order chi connectivity index (χ0) is 18.2. The first-order chi connectivity index (χ1) is 12.1. The topological polar surface area (TPSA) is 114 Å². The van der Waals surface area contributed by atoms with Gasteiger partial charge in [-0.25, -0.2) is 0 Å². The second-order valence-electron chi connectivity index (χ2n) is 5.34. The predicted molar refractivity (Wildman–Crippen MR) is 91.3 cm³/mol. The summed E-state index contributed by atoms with van der Waals surface area (Å²) in [5.74, 6) is -0.646. The van der Waals surface area contributed by atoms with E-state index in [0.717, 1.165) is 17.2 Å². The Kier molecular flexibility index (Phi) is 6.53. The first kappa shape index (κ1) is 18.5. The van der Waals surface area contributed by atoms with Crippen LogP contribution in [0, 0.1) is 0 Å². The average molecular weight is 347 g/mol. The summed E-state index contributed by atoms with van der Waals surface area (Å²) in [6, 6.07) is 7.69. The molecule has 0 bridgehead atoms. The first-order valence-corrected chi connectivity index (χ1v) is 7.94. The number of aliphatic hydroxyl groups is 1. The second-order valence-corrected chi connectivity index (χ2v) is 5.34. The smallest absolute Gasteiger partial charge is 0.275 e. The minimum Gasteiger partial charge on any atom is -0.505 e. The van der Waals surface area contributed by atoms with Crippen molar-refractivity contribution in [1.29, 1.82) is 0 Å². The fraction of sp³-hybridized carbons (Fsp3) is 0.353. The van der Waals surface area contributed by atoms with Gasteiger partial charge in [0, 0.05) is 19.2 Å². The molecule has 1 aromatic carbocycles. The summed E-state index contributed by atoms with van der Waals surface area (Å²) < 4.78 is 6.22. The summed E-state index contributed by atoms with van der Waals surface area (Å²) in [5.41, 5.74) is -0.457. The lowest BCUT2D eigenvalue weighted by Crippen LogP contribution is -2.30. The van der Waals surface area contributed by atoms with Gasteiger partial charge in [0.25, 0.3) is 11.5 Å². The summed E-state index contributed by atoms with van der Waals surface area (Å²) >= 11 is 0. The van der Waals surface area contributed by atoms with E-state index in [2.05, 4.69) is 10.4 Å². The molecule has 0 fully saturated rings. The lowest BCUT2D eigenvalue weighted by molar-refractivity contribution is 0.0943. The number of para-hydroxylation sites is 2. The van der Waals surface area contributed by atoms with Crippen LogP contribution in [0.25, 0.3) is 5.69 Å². The van der Waals surface area contributed by atoms with Gasteiger partial charge in [0.2, 0.25) is 0 Å². The average Bonchev–Trinajstić information content (AvgIpc) is 2.61. The summed E-state index contributed by atoms with van der Waals surface area (Å²) in [4.78, 5) is 24.4. The van der Waals surface area contributed by atoms with Crippen molar-refractivity contribution in [3.05, 3.63) is 46.4 Å². The Morgan fingerprint density at radius 3 is 2.76 bits per heavy atom. The lowest BCUT2D eigenvalue weighted by Gasteiger charge is -2.12. The molecule has 134 valence electrons. The normalized spacial score (nSPS) is 10.5. The Balaban J connectivity index is 2.26. The van der Waals surface area contributed by atoms with Crippen molar-refractivity contribution in [2.45, 2.75) is 19.3 Å². The Hall–Kier alpha value is -2.87. The Morgan fingerprint density at radius 1 is 1.28 bits per heavy atom. The van der Waals surface area contributed by atoms with Crippen LogP contribution in [0.3, 0.4) is 0 Å². The van der Waals surface area contributed by atoms with Gasteiger partial charge in [-0.15, -0.1) is 0 Å². The molecule has 0 aliphatic carbocycles. The Morgan fingerprint density at radius 2 is 2.04 bits per heavy atom. The minimum absolute atomic E-state index is 0.111. The van der Waals surface area contributed by atoms with E-state index < -0.39 is 17.2 Å². The molecule has 0 unspecified atom stereocenters. The molecule has 2 rings (SSSR count). The van der Waals surface area contributed by atoms with Gasteiger partial charge in [0.1, 0.15) is 11.4 Å². The highest BCUT2D eigenvalue weighted by Crippen LogP contribution is 2.21. The molecule has 1 amide bonds. The van der Waals surface area contributed by atoms with Crippen LogP contribution < -0.4 is 15.6 Å². The Bertz CT molecular complexity index is 788. The number of carbonyl (C=O) groups excluding carboxylic acids is 1. The van der Waals surface area contributed by atoms with Crippen molar-refractivity contribution in [2.24, 2.45) is 0 Å². The lowest BCUT2D eigenvalue weighted by atomic mass is 10.2. The molecule has 25 heavy (non-hydrogen) atoms. The van der Waals surface area contributed by atoms with Crippen molar-refractivity contribution >= 4 is 5.91 Å². The molecule has 8 nitrogen and oxygen atoms in total. The molecule has 1 aromatic heterocycles. The van der Waals surface area contributed by atoms with E-state index in [1.165, 1.54) is 7.11 Å². The van der Waals surface area contributed by atoms with E-state index in [4.69, 9.17) is 9.84 Å². The molecule has 1 heterocycles. The number of aliphatic hydroxyl groups excluding tert-OH is 1. The van der Waals surface area contributed by atoms with Gasteiger partial charge in [-0.1, -0.05) is 12.1 Å². The van der Waals surface area contributed by atoms with Crippen molar-refractivity contribution < 1.29 is 19.7 Å². The molecule has 8 heteroatoms. The maximum Gasteiger partial charge on any atom is 0.275 e. The fourth-order valence-electron chi connectivity index (χ4n) is 2.29. The Labute approximate surface area is 144 Å². The molecule has 0 atom stereocenters. The number of ether oxygens (including phenoxy) is 1. The SMILES string of the molecule is COc1ccccc1-n1nc(C(=O)NCCCCCO)c(O)cc1=O. The molecule has 0 aliphatic rings. The molecule has 0 saturated heterocycles. The molecular weight excluding hydrogens is 326 g/mol. The number of aromatic hydroxyl groups is 1. The van der Waals surface area contributed by atoms with E-state index in [1.807, 2.05) is 0 Å². The van der Waals surface area contributed by atoms with Crippen LogP contribution in [-0.2, 0) is 0 Å². The van der Waals surface area contributed by atoms with Crippen molar-refractivity contribution in [3.63, 3.8) is 0 Å². The van der Waals surface area contributed by atoms with E-state index in [1.54, 1.807) is 24.3 Å². The summed E-state index contributed by atoms with van der Waals surface area (Å²) in [6.45, 7) is 0.494. The zero-order valence-corrected chi connectivity index (χ0v) is 13.9. The summed E-state index contributed by atoms with van der Waals surface area (Å²) in [7, 11) is 1.46. The van der Waals surface area contributed by atoms with Crippen LogP contribution in [0.5, 0.6) is 11.5 Å². The van der Waals surface area contributed by atoms with Crippen LogP contribution in [0.1, 0.15) is 29.8 Å². The van der Waals surface area contributed by atoms with Gasteiger partial charge in [-0.05, 0) is 31.4 Å². The van der Waals surface area contributed by atoms with Gasteiger partial charge in [0.05, 0.1) is 7.11 Å². The van der Waals surface area contributed by atoms with Crippen LogP contribution in [0.15, 0.2) is 35.1 Å². The number of unbranched alkanes of at least 4 members (excludes halogenated alkanes) is 2. The highest BCUT2D eigenvalue weighted by molar-refractivity contribution is 5.94. The highest BCUT2D eigenvalue weighted by Gasteiger charge is 2.17. The van der Waals surface area contributed by atoms with E-state index in [-0.39, 0.29) is 12.3 Å². The number of amides is 1. The predicted octanol–water partition coefficient (Wildman–Crippen LogP) is 0.839. The third-order valence-corrected chi connectivity index (χ3v) is 3.56. The van der Waals surface area contributed by atoms with Crippen LogP contribution >= 0.6 is 0 Å². The number of nitrogens with one attached hydrogen (secondary N) is 1. The summed E-state index contributed by atoms with van der Waals surface area (Å²) in [5, 5.41) is 25.2. The number of benzene rings is 1. The molecule has 0 saturated carbocycles. The molecule has 3 N–H and O–H groups in total. The van der Waals surface area contributed by atoms with Gasteiger partial charge in [0.15, 0.2) is 11.4 Å². The zero-order valence-electron chi connectivity index (χ0n) is 13.9. The van der Waals surface area contributed by atoms with E-state index in [9.17, 15) is 14.7 Å². The van der Waals surface area contributed by atoms with Gasteiger partial charge >= 0.3 is 0 Å². The van der Waals surface area contributed by atoms with Gasteiger partial charge in [-0.2, -0.15) is 9.78 Å². The number of hydrogen-bond acceptors (Lipinski definition) is 6. The number of rotatable bonds is 8. The molecular formula is C17H21N3O5. The van der Waals surface area contributed by atoms with Crippen LogP contribution in [-0.4, -0.2) is 46.2 Å². The minimum atomic E-state index is -0.582. The first-order valence-electron chi connectivity index (χ1n) is 7.94. The van der Waals surface area contributed by atoms with Crippen molar-refractivity contribution in [3.8, 4) is 17.2 Å². The van der Waals surface area contributed by atoms with E-state index >= 15 is 0 Å². The summed E-state index contributed by atoms with van der Waals surface area (Å²) in [6.07, 6.45) is 2.13. The van der Waals surface area contributed by atoms with Crippen molar-refractivity contribution in [2.75, 3.05) is 20.3 Å². The second kappa shape index (κ2) is 8.84. The number of aromatic nitrogens is 2. The largest absolute Gasteiger partial charge is 0.505 e. The highest BCUT2D eigenvalue weighted by atomic mass is 16.5. The fourth-order valence-corrected chi connectivity index (χ4v) is 2.29. The molecule has 2 aromatic rings. The maximum absolute atomic E-state index is 12.2. The molecule has 0 spiro atoms. The third-order valence-electron chi connectivity index (χ3n) is 3.56. The third kappa shape index (κ3) is 4.57. The van der Waals surface area contributed by atoms with Crippen molar-refractivity contribution in [1.82, 2.24) is 15.1 Å². The molecule has 0 radical (unpaired) electrons. The monoisotopic (exact) mass is 347 g/mol. The number of carbonyl (C=O) groups is 1. The molecule has 0 aliphatic heterocycles. The maximum atomic E-state index is 12.2. The number of methoxy groups -OCH3 is 1. The quantitative estimate of drug-likeness (QED) is 0.610. The standard InChI is InChI=1S/C17H21N3O5/c1-25-14-8-4-3-7-12(14)20-15(23)11-13(22)16(19-20)17(24)18-9-5-2-6-10-21/h3-4,7-8,11,21-22H,2,5-6,9-10H2,1H3,(H,18,24). The van der Waals surface area contributed by atoms with Gasteiger partial charge < -0.3 is 20.3 Å². The van der Waals surface area contributed by atoms with E-state index in [0.29, 0.717) is 30.8 Å². The number of hydrogen-bond donors (Lipinski definition) is 3.